The summed E-state index contributed by atoms with van der Waals surface area (Å²) in [6, 6.07) is 14.8. The molecule has 2 rings (SSSR count). The summed E-state index contributed by atoms with van der Waals surface area (Å²) in [5, 5.41) is 13.6. The zero-order valence-corrected chi connectivity index (χ0v) is 14.1. The highest BCUT2D eigenvalue weighted by molar-refractivity contribution is 6.30. The summed E-state index contributed by atoms with van der Waals surface area (Å²) >= 11 is 5.84. The minimum Gasteiger partial charge on any atom is -0.491 e. The van der Waals surface area contributed by atoms with Gasteiger partial charge in [0.2, 0.25) is 0 Å². The summed E-state index contributed by atoms with van der Waals surface area (Å²) in [7, 11) is 0. The molecule has 5 heteroatoms. The molecule has 0 aliphatic rings. The Kier molecular flexibility index (Phi) is 6.71. The minimum absolute atomic E-state index is 0.247. The van der Waals surface area contributed by atoms with Gasteiger partial charge < -0.3 is 19.9 Å². The number of ether oxygens (including phenoxy) is 2. The molecule has 2 aromatic carbocycles. The number of hydrogen-bond donors (Lipinski definition) is 2. The van der Waals surface area contributed by atoms with E-state index in [2.05, 4.69) is 5.32 Å². The lowest BCUT2D eigenvalue weighted by molar-refractivity contribution is 0.104. The second-order valence-electron chi connectivity index (χ2n) is 5.56. The van der Waals surface area contributed by atoms with Crippen LogP contribution in [0.4, 0.5) is 0 Å². The lowest BCUT2D eigenvalue weighted by atomic mass is 10.3. The first-order valence-corrected chi connectivity index (χ1v) is 7.98. The summed E-state index contributed by atoms with van der Waals surface area (Å²) in [4.78, 5) is 0. The van der Waals surface area contributed by atoms with Crippen molar-refractivity contribution < 1.29 is 14.6 Å². The Morgan fingerprint density at radius 2 is 1.48 bits per heavy atom. The largest absolute Gasteiger partial charge is 0.491 e. The molecule has 0 amide bonds. The van der Waals surface area contributed by atoms with Crippen molar-refractivity contribution in [2.24, 2.45) is 0 Å². The fourth-order valence-corrected chi connectivity index (χ4v) is 1.99. The van der Waals surface area contributed by atoms with Crippen LogP contribution in [-0.2, 0) is 0 Å². The Morgan fingerprint density at radius 3 is 2.04 bits per heavy atom. The van der Waals surface area contributed by atoms with Crippen molar-refractivity contribution in [1.29, 1.82) is 0 Å². The van der Waals surface area contributed by atoms with E-state index >= 15 is 0 Å². The Labute approximate surface area is 142 Å². The molecule has 0 bridgehead atoms. The van der Waals surface area contributed by atoms with Gasteiger partial charge in [-0.2, -0.15) is 0 Å². The van der Waals surface area contributed by atoms with Crippen LogP contribution in [0.15, 0.2) is 48.5 Å². The number of nitrogens with one attached hydrogen (secondary N) is 1. The van der Waals surface area contributed by atoms with Gasteiger partial charge >= 0.3 is 0 Å². The average molecular weight is 336 g/mol. The number of benzene rings is 2. The SMILES string of the molecule is CC(C)NC[C@H](O)COc1ccc(Oc2ccc(Cl)cc2)cc1. The van der Waals surface area contributed by atoms with Crippen molar-refractivity contribution in [2.45, 2.75) is 26.0 Å². The molecule has 0 aliphatic carbocycles. The van der Waals surface area contributed by atoms with Crippen LogP contribution >= 0.6 is 11.6 Å². The number of hydrogen-bond acceptors (Lipinski definition) is 4. The first-order valence-electron chi connectivity index (χ1n) is 7.60. The van der Waals surface area contributed by atoms with Gasteiger partial charge in [0.05, 0.1) is 0 Å². The number of halogens is 1. The molecule has 4 nitrogen and oxygen atoms in total. The molecule has 0 radical (unpaired) electrons. The molecular formula is C18H22ClNO3. The van der Waals surface area contributed by atoms with E-state index < -0.39 is 6.10 Å². The normalized spacial score (nSPS) is 12.2. The molecule has 2 aromatic rings. The summed E-state index contributed by atoms with van der Waals surface area (Å²) in [6.07, 6.45) is -0.539. The third-order valence-corrected chi connectivity index (χ3v) is 3.33. The summed E-state index contributed by atoms with van der Waals surface area (Å²) in [6.45, 7) is 4.83. The Morgan fingerprint density at radius 1 is 0.957 bits per heavy atom. The summed E-state index contributed by atoms with van der Waals surface area (Å²) in [5.41, 5.74) is 0. The van der Waals surface area contributed by atoms with E-state index in [1.807, 2.05) is 50.2 Å². The van der Waals surface area contributed by atoms with Crippen LogP contribution in [0.5, 0.6) is 17.2 Å². The molecule has 0 heterocycles. The highest BCUT2D eigenvalue weighted by Gasteiger charge is 2.06. The van der Waals surface area contributed by atoms with Gasteiger partial charge in [0.25, 0.3) is 0 Å². The van der Waals surface area contributed by atoms with Gasteiger partial charge in [-0.1, -0.05) is 25.4 Å². The van der Waals surface area contributed by atoms with Crippen LogP contribution in [0.3, 0.4) is 0 Å². The molecule has 2 N–H and O–H groups in total. The maximum Gasteiger partial charge on any atom is 0.127 e. The van der Waals surface area contributed by atoms with Crippen molar-refractivity contribution in [3.63, 3.8) is 0 Å². The van der Waals surface area contributed by atoms with Gasteiger partial charge in [0.15, 0.2) is 0 Å². The molecular weight excluding hydrogens is 314 g/mol. The van der Waals surface area contributed by atoms with Crippen LogP contribution in [0.25, 0.3) is 0 Å². The monoisotopic (exact) mass is 335 g/mol. The average Bonchev–Trinajstić information content (AvgIpc) is 2.54. The molecule has 0 unspecified atom stereocenters. The van der Waals surface area contributed by atoms with Crippen molar-refractivity contribution >= 4 is 11.6 Å². The van der Waals surface area contributed by atoms with Gasteiger partial charge in [-0.3, -0.25) is 0 Å². The predicted molar refractivity (Wildman–Crippen MR) is 92.6 cm³/mol. The zero-order chi connectivity index (χ0) is 16.7. The Balaban J connectivity index is 1.81. The van der Waals surface area contributed by atoms with Gasteiger partial charge in [-0.15, -0.1) is 0 Å². The van der Waals surface area contributed by atoms with E-state index in [4.69, 9.17) is 21.1 Å². The predicted octanol–water partition coefficient (Wildman–Crippen LogP) is 3.87. The standard InChI is InChI=1S/C18H22ClNO3/c1-13(2)20-11-15(21)12-22-16-7-9-18(10-8-16)23-17-5-3-14(19)4-6-17/h3-10,13,15,20-21H,11-12H2,1-2H3/t15-/m0/s1. The topological polar surface area (TPSA) is 50.7 Å². The Hall–Kier alpha value is -1.75. The molecule has 23 heavy (non-hydrogen) atoms. The van der Waals surface area contributed by atoms with E-state index in [-0.39, 0.29) is 6.61 Å². The highest BCUT2D eigenvalue weighted by Crippen LogP contribution is 2.25. The maximum absolute atomic E-state index is 9.81. The molecule has 0 aliphatic heterocycles. The second kappa shape index (κ2) is 8.77. The molecule has 0 fully saturated rings. The van der Waals surface area contributed by atoms with Crippen LogP contribution in [0.1, 0.15) is 13.8 Å². The van der Waals surface area contributed by atoms with Gasteiger partial charge in [0.1, 0.15) is 30.0 Å². The fraction of sp³-hybridized carbons (Fsp3) is 0.333. The minimum atomic E-state index is -0.539. The van der Waals surface area contributed by atoms with Gasteiger partial charge in [-0.05, 0) is 48.5 Å². The van der Waals surface area contributed by atoms with Gasteiger partial charge in [-0.25, -0.2) is 0 Å². The van der Waals surface area contributed by atoms with E-state index in [9.17, 15) is 5.11 Å². The van der Waals surface area contributed by atoms with Crippen molar-refractivity contribution in [3.8, 4) is 17.2 Å². The lowest BCUT2D eigenvalue weighted by Gasteiger charge is -2.15. The quantitative estimate of drug-likeness (QED) is 0.769. The van der Waals surface area contributed by atoms with Crippen LogP contribution < -0.4 is 14.8 Å². The molecule has 124 valence electrons. The third-order valence-electron chi connectivity index (χ3n) is 3.08. The van der Waals surface area contributed by atoms with E-state index in [0.29, 0.717) is 29.1 Å². The molecule has 0 spiro atoms. The summed E-state index contributed by atoms with van der Waals surface area (Å²) < 4.78 is 11.3. The second-order valence-corrected chi connectivity index (χ2v) is 5.99. The molecule has 0 saturated heterocycles. The van der Waals surface area contributed by atoms with E-state index in [0.717, 1.165) is 5.75 Å². The van der Waals surface area contributed by atoms with Crippen LogP contribution in [-0.4, -0.2) is 30.4 Å². The smallest absolute Gasteiger partial charge is 0.127 e. The highest BCUT2D eigenvalue weighted by atomic mass is 35.5. The zero-order valence-electron chi connectivity index (χ0n) is 13.3. The first kappa shape index (κ1) is 17.6. The molecule has 0 saturated carbocycles. The fourth-order valence-electron chi connectivity index (χ4n) is 1.87. The van der Waals surface area contributed by atoms with E-state index in [1.54, 1.807) is 12.1 Å². The summed E-state index contributed by atoms with van der Waals surface area (Å²) in [5.74, 6) is 2.12. The van der Waals surface area contributed by atoms with Crippen molar-refractivity contribution in [2.75, 3.05) is 13.2 Å². The first-order chi connectivity index (χ1) is 11.0. The molecule has 0 aromatic heterocycles. The Bertz CT molecular complexity index is 584. The maximum atomic E-state index is 9.81. The van der Waals surface area contributed by atoms with Crippen LogP contribution in [0, 0.1) is 0 Å². The number of aliphatic hydroxyl groups is 1. The lowest BCUT2D eigenvalue weighted by Crippen LogP contribution is -2.35. The van der Waals surface area contributed by atoms with Crippen molar-refractivity contribution in [3.05, 3.63) is 53.6 Å². The number of aliphatic hydroxyl groups excluding tert-OH is 1. The van der Waals surface area contributed by atoms with Gasteiger partial charge in [0, 0.05) is 17.6 Å². The van der Waals surface area contributed by atoms with Crippen molar-refractivity contribution in [1.82, 2.24) is 5.32 Å². The third kappa shape index (κ3) is 6.48. The number of rotatable bonds is 8. The van der Waals surface area contributed by atoms with Crippen LogP contribution in [0.2, 0.25) is 5.02 Å². The van der Waals surface area contributed by atoms with E-state index in [1.165, 1.54) is 0 Å². The molecule has 1 atom stereocenters.